The number of nitrogens with zero attached hydrogens (tertiary/aromatic N) is 2. The summed E-state index contributed by atoms with van der Waals surface area (Å²) in [4.78, 5) is 14.7. The minimum Gasteiger partial charge on any atom is -0.378 e. The monoisotopic (exact) mass is 307 g/mol. The SMILES string of the molecule is Cc1c(C(=O)Nc2ccc(N(C)C)cc2)n(C)c2ccccc12. The molecule has 0 atom stereocenters. The van der Waals surface area contributed by atoms with Crippen LogP contribution in [0.1, 0.15) is 16.1 Å². The van der Waals surface area contributed by atoms with Crippen molar-refractivity contribution in [3.8, 4) is 0 Å². The molecule has 23 heavy (non-hydrogen) atoms. The molecule has 0 aliphatic rings. The highest BCUT2D eigenvalue weighted by Crippen LogP contribution is 2.25. The Kier molecular flexibility index (Phi) is 3.82. The average molecular weight is 307 g/mol. The fourth-order valence-electron chi connectivity index (χ4n) is 2.94. The van der Waals surface area contributed by atoms with E-state index >= 15 is 0 Å². The second-order valence-electron chi connectivity index (χ2n) is 5.95. The van der Waals surface area contributed by atoms with E-state index in [1.165, 1.54) is 0 Å². The molecule has 0 aliphatic carbocycles. The van der Waals surface area contributed by atoms with Gasteiger partial charge in [-0.3, -0.25) is 4.79 Å². The molecule has 0 bridgehead atoms. The maximum Gasteiger partial charge on any atom is 0.272 e. The summed E-state index contributed by atoms with van der Waals surface area (Å²) >= 11 is 0. The molecule has 0 spiro atoms. The van der Waals surface area contributed by atoms with Gasteiger partial charge >= 0.3 is 0 Å². The van der Waals surface area contributed by atoms with Crippen LogP contribution in [0.4, 0.5) is 11.4 Å². The molecule has 2 aromatic carbocycles. The van der Waals surface area contributed by atoms with E-state index in [4.69, 9.17) is 0 Å². The van der Waals surface area contributed by atoms with Crippen molar-refractivity contribution in [2.45, 2.75) is 6.92 Å². The predicted octanol–water partition coefficient (Wildman–Crippen LogP) is 3.81. The zero-order valence-corrected chi connectivity index (χ0v) is 13.9. The van der Waals surface area contributed by atoms with Crippen LogP contribution in [0.2, 0.25) is 0 Å². The van der Waals surface area contributed by atoms with Crippen molar-refractivity contribution in [3.05, 3.63) is 59.8 Å². The van der Waals surface area contributed by atoms with Gasteiger partial charge in [0.2, 0.25) is 0 Å². The molecule has 118 valence electrons. The Morgan fingerprint density at radius 1 is 1.04 bits per heavy atom. The summed E-state index contributed by atoms with van der Waals surface area (Å²) in [5.41, 5.74) is 4.67. The van der Waals surface area contributed by atoms with Crippen LogP contribution in [0.25, 0.3) is 10.9 Å². The van der Waals surface area contributed by atoms with E-state index in [9.17, 15) is 4.79 Å². The topological polar surface area (TPSA) is 37.3 Å². The van der Waals surface area contributed by atoms with Gasteiger partial charge in [0, 0.05) is 43.4 Å². The van der Waals surface area contributed by atoms with Crippen LogP contribution in [0.5, 0.6) is 0 Å². The molecule has 0 unspecified atom stereocenters. The lowest BCUT2D eigenvalue weighted by Gasteiger charge is -2.13. The van der Waals surface area contributed by atoms with Gasteiger partial charge in [0.05, 0.1) is 0 Å². The summed E-state index contributed by atoms with van der Waals surface area (Å²) in [6.45, 7) is 1.99. The number of hydrogen-bond acceptors (Lipinski definition) is 2. The van der Waals surface area contributed by atoms with Crippen LogP contribution in [0, 0.1) is 6.92 Å². The first kappa shape index (κ1) is 15.2. The third-order valence-corrected chi connectivity index (χ3v) is 4.22. The first-order valence-electron chi connectivity index (χ1n) is 7.62. The molecule has 1 N–H and O–H groups in total. The molecule has 0 saturated carbocycles. The molecule has 1 amide bonds. The Balaban J connectivity index is 1.92. The van der Waals surface area contributed by atoms with E-state index < -0.39 is 0 Å². The van der Waals surface area contributed by atoms with E-state index in [-0.39, 0.29) is 5.91 Å². The lowest BCUT2D eigenvalue weighted by molar-refractivity contribution is 0.101. The van der Waals surface area contributed by atoms with E-state index in [0.717, 1.165) is 27.8 Å². The Hall–Kier alpha value is -2.75. The zero-order valence-electron chi connectivity index (χ0n) is 13.9. The Morgan fingerprint density at radius 3 is 2.30 bits per heavy atom. The van der Waals surface area contributed by atoms with Gasteiger partial charge in [-0.15, -0.1) is 0 Å². The Bertz CT molecular complexity index is 821. The largest absolute Gasteiger partial charge is 0.378 e. The molecule has 1 heterocycles. The lowest BCUT2D eigenvalue weighted by Crippen LogP contribution is -2.17. The molecule has 0 fully saturated rings. The fraction of sp³-hybridized carbons (Fsp3) is 0.211. The standard InChI is InChI=1S/C19H21N3O/c1-13-16-7-5-6-8-17(16)22(4)18(13)19(23)20-14-9-11-15(12-10-14)21(2)3/h5-12H,1-4H3,(H,20,23). The van der Waals surface area contributed by atoms with Crippen LogP contribution in [-0.2, 0) is 7.05 Å². The number of aryl methyl sites for hydroxylation is 2. The van der Waals surface area contributed by atoms with Gasteiger partial charge in [-0.2, -0.15) is 0 Å². The van der Waals surface area contributed by atoms with Crippen molar-refractivity contribution in [2.24, 2.45) is 7.05 Å². The van der Waals surface area contributed by atoms with Gasteiger partial charge in [-0.25, -0.2) is 0 Å². The number of anilines is 2. The summed E-state index contributed by atoms with van der Waals surface area (Å²) in [6.07, 6.45) is 0. The Labute approximate surface area is 136 Å². The molecule has 4 nitrogen and oxygen atoms in total. The number of amides is 1. The van der Waals surface area contributed by atoms with Crippen molar-refractivity contribution in [3.63, 3.8) is 0 Å². The van der Waals surface area contributed by atoms with E-state index in [0.29, 0.717) is 5.69 Å². The van der Waals surface area contributed by atoms with Gasteiger partial charge in [-0.1, -0.05) is 18.2 Å². The number of hydrogen-bond donors (Lipinski definition) is 1. The second-order valence-corrected chi connectivity index (χ2v) is 5.95. The van der Waals surface area contributed by atoms with Gasteiger partial charge in [0.1, 0.15) is 5.69 Å². The number of rotatable bonds is 3. The molecule has 1 aromatic heterocycles. The third kappa shape index (κ3) is 2.68. The van der Waals surface area contributed by atoms with Gasteiger partial charge < -0.3 is 14.8 Å². The van der Waals surface area contributed by atoms with Crippen molar-refractivity contribution in [1.29, 1.82) is 0 Å². The number of aromatic nitrogens is 1. The van der Waals surface area contributed by atoms with Crippen LogP contribution in [0.15, 0.2) is 48.5 Å². The normalized spacial score (nSPS) is 10.8. The van der Waals surface area contributed by atoms with Crippen LogP contribution in [-0.4, -0.2) is 24.6 Å². The minimum absolute atomic E-state index is 0.0844. The zero-order chi connectivity index (χ0) is 16.6. The molecule has 0 radical (unpaired) electrons. The maximum atomic E-state index is 12.7. The number of fused-ring (bicyclic) bond motifs is 1. The summed E-state index contributed by atoms with van der Waals surface area (Å²) < 4.78 is 1.95. The van der Waals surface area contributed by atoms with Crippen LogP contribution in [0.3, 0.4) is 0 Å². The highest BCUT2D eigenvalue weighted by atomic mass is 16.1. The number of nitrogens with one attached hydrogen (secondary N) is 1. The summed E-state index contributed by atoms with van der Waals surface area (Å²) in [7, 11) is 5.92. The molecule has 4 heteroatoms. The molecule has 0 saturated heterocycles. The highest BCUT2D eigenvalue weighted by molar-refractivity contribution is 6.08. The average Bonchev–Trinajstić information content (AvgIpc) is 2.80. The highest BCUT2D eigenvalue weighted by Gasteiger charge is 2.18. The lowest BCUT2D eigenvalue weighted by atomic mass is 10.1. The maximum absolute atomic E-state index is 12.7. The number of para-hydroxylation sites is 1. The van der Waals surface area contributed by atoms with Crippen molar-refractivity contribution >= 4 is 28.2 Å². The number of carbonyl (C=O) groups is 1. The molecule has 3 rings (SSSR count). The predicted molar refractivity (Wildman–Crippen MR) is 96.4 cm³/mol. The molecule has 0 aliphatic heterocycles. The van der Waals surface area contributed by atoms with E-state index in [2.05, 4.69) is 5.32 Å². The summed E-state index contributed by atoms with van der Waals surface area (Å²) in [5.74, 6) is -0.0844. The van der Waals surface area contributed by atoms with E-state index in [1.54, 1.807) is 0 Å². The van der Waals surface area contributed by atoms with Gasteiger partial charge in [-0.05, 0) is 42.8 Å². The van der Waals surface area contributed by atoms with Gasteiger partial charge in [0.25, 0.3) is 5.91 Å². The molecular weight excluding hydrogens is 286 g/mol. The first-order chi connectivity index (χ1) is 11.0. The van der Waals surface area contributed by atoms with Crippen LogP contribution >= 0.6 is 0 Å². The van der Waals surface area contributed by atoms with Crippen molar-refractivity contribution in [1.82, 2.24) is 4.57 Å². The molecule has 3 aromatic rings. The Morgan fingerprint density at radius 2 is 1.70 bits per heavy atom. The third-order valence-electron chi connectivity index (χ3n) is 4.22. The van der Waals surface area contributed by atoms with Crippen molar-refractivity contribution < 1.29 is 4.79 Å². The van der Waals surface area contributed by atoms with E-state index in [1.807, 2.05) is 86.1 Å². The van der Waals surface area contributed by atoms with Crippen LogP contribution < -0.4 is 10.2 Å². The summed E-state index contributed by atoms with van der Waals surface area (Å²) in [5, 5.41) is 4.10. The molecular formula is C19H21N3O. The number of benzene rings is 2. The number of carbonyl (C=O) groups excluding carboxylic acids is 1. The fourth-order valence-corrected chi connectivity index (χ4v) is 2.94. The quantitative estimate of drug-likeness (QED) is 0.799. The minimum atomic E-state index is -0.0844. The smallest absolute Gasteiger partial charge is 0.272 e. The first-order valence-corrected chi connectivity index (χ1v) is 7.62. The van der Waals surface area contributed by atoms with Crippen molar-refractivity contribution in [2.75, 3.05) is 24.3 Å². The van der Waals surface area contributed by atoms with Gasteiger partial charge in [0.15, 0.2) is 0 Å². The summed E-state index contributed by atoms with van der Waals surface area (Å²) in [6, 6.07) is 15.9. The second kappa shape index (κ2) is 5.80.